The summed E-state index contributed by atoms with van der Waals surface area (Å²) in [4.78, 5) is 0. The van der Waals surface area contributed by atoms with E-state index in [0.717, 1.165) is 38.5 Å². The fraction of sp³-hybridized carbons (Fsp3) is 1.00. The molecule has 18 heavy (non-hydrogen) atoms. The summed E-state index contributed by atoms with van der Waals surface area (Å²) in [7, 11) is -3.25. The lowest BCUT2D eigenvalue weighted by Crippen LogP contribution is -2.46. The first-order chi connectivity index (χ1) is 8.42. The number of hydrogen-bond donors (Lipinski definition) is 1. The van der Waals surface area contributed by atoms with Crippen LogP contribution in [0, 0.1) is 5.92 Å². The van der Waals surface area contributed by atoms with Crippen molar-refractivity contribution in [3.8, 4) is 0 Å². The van der Waals surface area contributed by atoms with E-state index in [0.29, 0.717) is 19.0 Å². The molecule has 1 rings (SSSR count). The molecule has 1 atom stereocenters. The third kappa shape index (κ3) is 5.67. The van der Waals surface area contributed by atoms with E-state index < -0.39 is 10.2 Å². The Labute approximate surface area is 112 Å². The van der Waals surface area contributed by atoms with Crippen molar-refractivity contribution in [3.05, 3.63) is 0 Å². The molecule has 5 heteroatoms. The minimum Gasteiger partial charge on any atom is -0.199 e. The normalized spacial score (nSPS) is 20.2. The molecule has 1 saturated heterocycles. The Morgan fingerprint density at radius 2 is 1.67 bits per heavy atom. The van der Waals surface area contributed by atoms with Crippen molar-refractivity contribution >= 4 is 10.2 Å². The molecule has 1 fully saturated rings. The fourth-order valence-corrected chi connectivity index (χ4v) is 3.84. The number of nitrogens with one attached hydrogen (secondary N) is 1. The van der Waals surface area contributed by atoms with E-state index in [4.69, 9.17) is 0 Å². The largest absolute Gasteiger partial charge is 0.279 e. The quantitative estimate of drug-likeness (QED) is 0.777. The van der Waals surface area contributed by atoms with Crippen molar-refractivity contribution < 1.29 is 8.42 Å². The van der Waals surface area contributed by atoms with Crippen LogP contribution in [-0.4, -0.2) is 31.9 Å². The van der Waals surface area contributed by atoms with Crippen LogP contribution < -0.4 is 4.72 Å². The van der Waals surface area contributed by atoms with Crippen molar-refractivity contribution in [3.63, 3.8) is 0 Å². The molecule has 0 aromatic heterocycles. The minimum atomic E-state index is -3.25. The SMILES string of the molecule is CC(C)CCCC(C)NS(=O)(=O)N1CCCCC1. The number of nitrogens with zero attached hydrogens (tertiary/aromatic N) is 1. The molecule has 0 amide bonds. The van der Waals surface area contributed by atoms with Gasteiger partial charge in [-0.25, -0.2) is 0 Å². The Kier molecular flexibility index (Phi) is 6.60. The maximum Gasteiger partial charge on any atom is 0.279 e. The van der Waals surface area contributed by atoms with Gasteiger partial charge in [-0.05, 0) is 32.1 Å². The van der Waals surface area contributed by atoms with Crippen LogP contribution in [-0.2, 0) is 10.2 Å². The van der Waals surface area contributed by atoms with Gasteiger partial charge in [0.05, 0.1) is 0 Å². The van der Waals surface area contributed by atoms with E-state index in [1.807, 2.05) is 6.92 Å². The molecule has 1 heterocycles. The molecule has 0 aromatic carbocycles. The zero-order chi connectivity index (χ0) is 13.6. The lowest BCUT2D eigenvalue weighted by molar-refractivity contribution is 0.337. The number of hydrogen-bond acceptors (Lipinski definition) is 2. The molecule has 1 N–H and O–H groups in total. The van der Waals surface area contributed by atoms with Crippen LogP contribution in [0.3, 0.4) is 0 Å². The number of rotatable bonds is 7. The van der Waals surface area contributed by atoms with Gasteiger partial charge in [-0.3, -0.25) is 0 Å². The highest BCUT2D eigenvalue weighted by molar-refractivity contribution is 7.87. The van der Waals surface area contributed by atoms with Crippen molar-refractivity contribution in [2.45, 2.75) is 65.3 Å². The van der Waals surface area contributed by atoms with E-state index in [9.17, 15) is 8.42 Å². The minimum absolute atomic E-state index is 0.0377. The Morgan fingerprint density at radius 3 is 2.22 bits per heavy atom. The third-order valence-corrected chi connectivity index (χ3v) is 5.17. The summed E-state index contributed by atoms with van der Waals surface area (Å²) in [6, 6.07) is 0.0377. The summed E-state index contributed by atoms with van der Waals surface area (Å²) in [5.41, 5.74) is 0. The fourth-order valence-electron chi connectivity index (χ4n) is 2.33. The molecular formula is C13H28N2O2S. The van der Waals surface area contributed by atoms with Crippen LogP contribution in [0.1, 0.15) is 59.3 Å². The molecule has 0 radical (unpaired) electrons. The Morgan fingerprint density at radius 1 is 1.06 bits per heavy atom. The van der Waals surface area contributed by atoms with E-state index in [-0.39, 0.29) is 6.04 Å². The van der Waals surface area contributed by atoms with Crippen LogP contribution in [0.15, 0.2) is 0 Å². The second kappa shape index (κ2) is 7.46. The van der Waals surface area contributed by atoms with Gasteiger partial charge in [0.2, 0.25) is 0 Å². The Bertz CT molecular complexity index is 322. The molecule has 0 aromatic rings. The molecule has 0 bridgehead atoms. The molecule has 1 unspecified atom stereocenters. The average Bonchev–Trinajstić information content (AvgIpc) is 2.29. The highest BCUT2D eigenvalue weighted by Crippen LogP contribution is 2.14. The van der Waals surface area contributed by atoms with Crippen LogP contribution >= 0.6 is 0 Å². The summed E-state index contributed by atoms with van der Waals surface area (Å²) >= 11 is 0. The van der Waals surface area contributed by atoms with Crippen LogP contribution in [0.5, 0.6) is 0 Å². The second-order valence-electron chi connectivity index (χ2n) is 5.81. The summed E-state index contributed by atoms with van der Waals surface area (Å²) in [6.45, 7) is 7.70. The maximum absolute atomic E-state index is 12.1. The molecule has 1 aliphatic rings. The lowest BCUT2D eigenvalue weighted by atomic mass is 10.0. The standard InChI is InChI=1S/C13H28N2O2S/c1-12(2)8-7-9-13(3)14-18(16,17)15-10-5-4-6-11-15/h12-14H,4-11H2,1-3H3. The van der Waals surface area contributed by atoms with Crippen LogP contribution in [0.2, 0.25) is 0 Å². The van der Waals surface area contributed by atoms with Gasteiger partial charge in [0.15, 0.2) is 0 Å². The molecule has 1 aliphatic heterocycles. The van der Waals surface area contributed by atoms with E-state index >= 15 is 0 Å². The zero-order valence-electron chi connectivity index (χ0n) is 12.0. The highest BCUT2D eigenvalue weighted by Gasteiger charge is 2.24. The smallest absolute Gasteiger partial charge is 0.199 e. The van der Waals surface area contributed by atoms with E-state index in [1.54, 1.807) is 4.31 Å². The summed E-state index contributed by atoms with van der Waals surface area (Å²) in [6.07, 6.45) is 6.30. The van der Waals surface area contributed by atoms with Gasteiger partial charge in [0, 0.05) is 19.1 Å². The molecular weight excluding hydrogens is 248 g/mol. The van der Waals surface area contributed by atoms with Crippen molar-refractivity contribution in [1.82, 2.24) is 9.03 Å². The predicted molar refractivity (Wildman–Crippen MR) is 75.6 cm³/mol. The van der Waals surface area contributed by atoms with Crippen molar-refractivity contribution in [2.75, 3.05) is 13.1 Å². The monoisotopic (exact) mass is 276 g/mol. The third-order valence-electron chi connectivity index (χ3n) is 3.42. The first-order valence-corrected chi connectivity index (χ1v) is 8.63. The van der Waals surface area contributed by atoms with Gasteiger partial charge in [-0.15, -0.1) is 0 Å². The molecule has 108 valence electrons. The van der Waals surface area contributed by atoms with Gasteiger partial charge in [0.1, 0.15) is 0 Å². The Balaban J connectivity index is 2.34. The molecule has 4 nitrogen and oxygen atoms in total. The molecule has 0 aliphatic carbocycles. The van der Waals surface area contributed by atoms with Gasteiger partial charge >= 0.3 is 0 Å². The topological polar surface area (TPSA) is 49.4 Å². The van der Waals surface area contributed by atoms with E-state index in [2.05, 4.69) is 18.6 Å². The van der Waals surface area contributed by atoms with Crippen molar-refractivity contribution in [1.29, 1.82) is 0 Å². The van der Waals surface area contributed by atoms with Gasteiger partial charge in [-0.1, -0.05) is 33.1 Å². The van der Waals surface area contributed by atoms with E-state index in [1.165, 1.54) is 0 Å². The summed E-state index contributed by atoms with van der Waals surface area (Å²) in [5.74, 6) is 0.691. The second-order valence-corrected chi connectivity index (χ2v) is 7.51. The average molecular weight is 276 g/mol. The zero-order valence-corrected chi connectivity index (χ0v) is 12.8. The predicted octanol–water partition coefficient (Wildman–Crippen LogP) is 2.52. The Hall–Kier alpha value is -0.130. The molecule has 0 spiro atoms. The lowest BCUT2D eigenvalue weighted by Gasteiger charge is -2.27. The molecule has 0 saturated carbocycles. The highest BCUT2D eigenvalue weighted by atomic mass is 32.2. The first-order valence-electron chi connectivity index (χ1n) is 7.19. The summed E-state index contributed by atoms with van der Waals surface area (Å²) in [5, 5.41) is 0. The maximum atomic E-state index is 12.1. The van der Waals surface area contributed by atoms with Gasteiger partial charge < -0.3 is 0 Å². The van der Waals surface area contributed by atoms with Crippen LogP contribution in [0.4, 0.5) is 0 Å². The number of piperidine rings is 1. The summed E-state index contributed by atoms with van der Waals surface area (Å²) < 4.78 is 28.6. The van der Waals surface area contributed by atoms with Crippen molar-refractivity contribution in [2.24, 2.45) is 5.92 Å². The van der Waals surface area contributed by atoms with Gasteiger partial charge in [0.25, 0.3) is 10.2 Å². The van der Waals surface area contributed by atoms with Crippen LogP contribution in [0.25, 0.3) is 0 Å². The first kappa shape index (κ1) is 15.9. The van der Waals surface area contributed by atoms with Gasteiger partial charge in [-0.2, -0.15) is 17.4 Å².